The first-order valence-corrected chi connectivity index (χ1v) is 6.80. The van der Waals surface area contributed by atoms with Gasteiger partial charge in [-0.05, 0) is 43.0 Å². The first-order chi connectivity index (χ1) is 8.32. The van der Waals surface area contributed by atoms with Crippen molar-refractivity contribution in [3.8, 4) is 0 Å². The Bertz CT molecular complexity index is 407. The lowest BCUT2D eigenvalue weighted by atomic mass is 9.68. The third kappa shape index (κ3) is 1.89. The maximum Gasteiger partial charge on any atom is 0.127 e. The summed E-state index contributed by atoms with van der Waals surface area (Å²) in [6.45, 7) is 1.94. The summed E-state index contributed by atoms with van der Waals surface area (Å²) in [7, 11) is 0. The molecule has 1 aliphatic heterocycles. The van der Waals surface area contributed by atoms with E-state index in [-0.39, 0.29) is 11.2 Å². The van der Waals surface area contributed by atoms with Gasteiger partial charge in [0.1, 0.15) is 5.82 Å². The average molecular weight is 233 g/mol. The van der Waals surface area contributed by atoms with Gasteiger partial charge in [-0.15, -0.1) is 0 Å². The lowest BCUT2D eigenvalue weighted by Gasteiger charge is -2.38. The van der Waals surface area contributed by atoms with E-state index in [0.29, 0.717) is 0 Å². The Balaban J connectivity index is 2.11. The molecule has 0 amide bonds. The van der Waals surface area contributed by atoms with Gasteiger partial charge in [0.25, 0.3) is 0 Å². The first kappa shape index (κ1) is 11.2. The summed E-state index contributed by atoms with van der Waals surface area (Å²) in [5, 5.41) is 3.52. The Kier molecular flexibility index (Phi) is 2.91. The Morgan fingerprint density at radius 2 is 1.94 bits per heavy atom. The second-order valence-electron chi connectivity index (χ2n) is 5.54. The molecule has 17 heavy (non-hydrogen) atoms. The molecule has 1 N–H and O–H groups in total. The molecule has 1 fully saturated rings. The van der Waals surface area contributed by atoms with Crippen molar-refractivity contribution in [1.82, 2.24) is 5.32 Å². The summed E-state index contributed by atoms with van der Waals surface area (Å²) in [6.07, 6.45) is 7.06. The second kappa shape index (κ2) is 4.41. The fraction of sp³-hybridized carbons (Fsp3) is 0.600. The lowest BCUT2D eigenvalue weighted by Crippen LogP contribution is -2.39. The van der Waals surface area contributed by atoms with E-state index in [1.807, 2.05) is 6.07 Å². The standard InChI is InChI=1S/C15H20FN/c16-13-6-4-5-12-7-10-17-11-15(14(12)13)8-2-1-3-9-15/h4-6,17H,1-3,7-11H2. The molecule has 2 aliphatic rings. The summed E-state index contributed by atoms with van der Waals surface area (Å²) in [5.74, 6) is 0.0214. The van der Waals surface area contributed by atoms with Gasteiger partial charge in [-0.25, -0.2) is 4.39 Å². The summed E-state index contributed by atoms with van der Waals surface area (Å²) < 4.78 is 14.3. The van der Waals surface area contributed by atoms with Gasteiger partial charge in [-0.3, -0.25) is 0 Å². The van der Waals surface area contributed by atoms with Gasteiger partial charge in [-0.2, -0.15) is 0 Å². The highest BCUT2D eigenvalue weighted by Crippen LogP contribution is 2.42. The minimum atomic E-state index is 0.0214. The zero-order valence-electron chi connectivity index (χ0n) is 10.3. The SMILES string of the molecule is Fc1cccc2c1C1(CCCCC1)CNCC2. The molecule has 0 bridgehead atoms. The third-order valence-electron chi connectivity index (χ3n) is 4.48. The molecule has 1 nitrogen and oxygen atoms in total. The monoisotopic (exact) mass is 233 g/mol. The quantitative estimate of drug-likeness (QED) is 0.725. The van der Waals surface area contributed by atoms with E-state index >= 15 is 0 Å². The van der Waals surface area contributed by atoms with Crippen LogP contribution in [-0.2, 0) is 11.8 Å². The molecule has 0 radical (unpaired) electrons. The molecule has 1 spiro atoms. The van der Waals surface area contributed by atoms with E-state index in [4.69, 9.17) is 0 Å². The molecule has 0 unspecified atom stereocenters. The van der Waals surface area contributed by atoms with Crippen molar-refractivity contribution in [1.29, 1.82) is 0 Å². The van der Waals surface area contributed by atoms with Gasteiger partial charge in [0.15, 0.2) is 0 Å². The normalized spacial score (nSPS) is 23.1. The molecule has 1 aromatic rings. The first-order valence-electron chi connectivity index (χ1n) is 6.80. The van der Waals surface area contributed by atoms with E-state index in [9.17, 15) is 4.39 Å². The van der Waals surface area contributed by atoms with Crippen molar-refractivity contribution in [3.05, 3.63) is 35.1 Å². The van der Waals surface area contributed by atoms with Crippen LogP contribution in [0.25, 0.3) is 0 Å². The molecule has 0 saturated heterocycles. The predicted octanol–water partition coefficient (Wildman–Crippen LogP) is 3.17. The number of rotatable bonds is 0. The summed E-state index contributed by atoms with van der Waals surface area (Å²) in [6, 6.07) is 5.61. The van der Waals surface area contributed by atoms with Crippen LogP contribution in [-0.4, -0.2) is 13.1 Å². The van der Waals surface area contributed by atoms with Crippen molar-refractivity contribution in [2.24, 2.45) is 0 Å². The van der Waals surface area contributed by atoms with Crippen LogP contribution in [0.1, 0.15) is 43.2 Å². The van der Waals surface area contributed by atoms with Gasteiger partial charge < -0.3 is 5.32 Å². The minimum Gasteiger partial charge on any atom is -0.316 e. The molecular weight excluding hydrogens is 213 g/mol. The Labute approximate surface area is 102 Å². The van der Waals surface area contributed by atoms with E-state index in [2.05, 4.69) is 11.4 Å². The number of hydrogen-bond acceptors (Lipinski definition) is 1. The topological polar surface area (TPSA) is 12.0 Å². The Morgan fingerprint density at radius 1 is 1.12 bits per heavy atom. The third-order valence-corrected chi connectivity index (χ3v) is 4.48. The zero-order valence-corrected chi connectivity index (χ0v) is 10.3. The van der Waals surface area contributed by atoms with E-state index in [0.717, 1.165) is 37.9 Å². The van der Waals surface area contributed by atoms with Crippen LogP contribution in [0, 0.1) is 5.82 Å². The number of halogens is 1. The minimum absolute atomic E-state index is 0.0214. The van der Waals surface area contributed by atoms with Crippen LogP contribution in [0.5, 0.6) is 0 Å². The van der Waals surface area contributed by atoms with E-state index in [1.165, 1.54) is 24.8 Å². The van der Waals surface area contributed by atoms with Crippen LogP contribution in [0.4, 0.5) is 4.39 Å². The molecule has 3 rings (SSSR count). The number of fused-ring (bicyclic) bond motifs is 2. The number of hydrogen-bond donors (Lipinski definition) is 1. The molecule has 1 heterocycles. The molecular formula is C15H20FN. The Morgan fingerprint density at radius 3 is 2.76 bits per heavy atom. The van der Waals surface area contributed by atoms with Gasteiger partial charge in [0.2, 0.25) is 0 Å². The summed E-state index contributed by atoms with van der Waals surface area (Å²) >= 11 is 0. The summed E-state index contributed by atoms with van der Waals surface area (Å²) in [5.41, 5.74) is 2.34. The van der Waals surface area contributed by atoms with Crippen LogP contribution in [0.3, 0.4) is 0 Å². The van der Waals surface area contributed by atoms with Gasteiger partial charge in [0.05, 0.1) is 0 Å². The van der Waals surface area contributed by atoms with Crippen LogP contribution >= 0.6 is 0 Å². The highest BCUT2D eigenvalue weighted by molar-refractivity contribution is 5.38. The highest BCUT2D eigenvalue weighted by atomic mass is 19.1. The molecule has 0 aromatic heterocycles. The molecule has 0 atom stereocenters. The van der Waals surface area contributed by atoms with Crippen molar-refractivity contribution < 1.29 is 4.39 Å². The van der Waals surface area contributed by atoms with Crippen molar-refractivity contribution in [2.45, 2.75) is 43.9 Å². The van der Waals surface area contributed by atoms with Crippen LogP contribution < -0.4 is 5.32 Å². The number of benzene rings is 1. The zero-order chi connectivity index (χ0) is 11.7. The van der Waals surface area contributed by atoms with Gasteiger partial charge >= 0.3 is 0 Å². The highest BCUT2D eigenvalue weighted by Gasteiger charge is 2.38. The smallest absolute Gasteiger partial charge is 0.127 e. The fourth-order valence-electron chi connectivity index (χ4n) is 3.67. The molecule has 92 valence electrons. The van der Waals surface area contributed by atoms with Crippen LogP contribution in [0.2, 0.25) is 0 Å². The predicted molar refractivity (Wildman–Crippen MR) is 67.7 cm³/mol. The Hall–Kier alpha value is -0.890. The van der Waals surface area contributed by atoms with E-state index in [1.54, 1.807) is 6.07 Å². The maximum atomic E-state index is 14.3. The molecule has 1 aliphatic carbocycles. The van der Waals surface area contributed by atoms with Crippen molar-refractivity contribution in [3.63, 3.8) is 0 Å². The number of nitrogens with one attached hydrogen (secondary N) is 1. The van der Waals surface area contributed by atoms with Crippen molar-refractivity contribution >= 4 is 0 Å². The second-order valence-corrected chi connectivity index (χ2v) is 5.54. The lowest BCUT2D eigenvalue weighted by molar-refractivity contribution is 0.277. The molecule has 1 saturated carbocycles. The van der Waals surface area contributed by atoms with Gasteiger partial charge in [0, 0.05) is 12.0 Å². The largest absolute Gasteiger partial charge is 0.316 e. The maximum absolute atomic E-state index is 14.3. The van der Waals surface area contributed by atoms with Crippen molar-refractivity contribution in [2.75, 3.05) is 13.1 Å². The van der Waals surface area contributed by atoms with Gasteiger partial charge in [-0.1, -0.05) is 31.4 Å². The van der Waals surface area contributed by atoms with Crippen LogP contribution in [0.15, 0.2) is 18.2 Å². The average Bonchev–Trinajstić information content (AvgIpc) is 2.52. The molecule has 2 heteroatoms. The fourth-order valence-corrected chi connectivity index (χ4v) is 3.67. The summed E-state index contributed by atoms with van der Waals surface area (Å²) in [4.78, 5) is 0. The molecule has 1 aromatic carbocycles. The van der Waals surface area contributed by atoms with E-state index < -0.39 is 0 Å².